The molecule has 0 spiro atoms. The lowest BCUT2D eigenvalue weighted by Gasteiger charge is -2.07. The summed E-state index contributed by atoms with van der Waals surface area (Å²) in [6, 6.07) is 7.55. The van der Waals surface area contributed by atoms with Gasteiger partial charge in [-0.15, -0.1) is 0 Å². The van der Waals surface area contributed by atoms with E-state index in [0.717, 1.165) is 11.1 Å². The Hall–Kier alpha value is -2.56. The lowest BCUT2D eigenvalue weighted by atomic mass is 10.00. The summed E-state index contributed by atoms with van der Waals surface area (Å²) in [5.41, 5.74) is 2.50. The van der Waals surface area contributed by atoms with Crippen molar-refractivity contribution in [2.45, 2.75) is 12.8 Å². The Morgan fingerprint density at radius 2 is 1.90 bits per heavy atom. The molecule has 102 valence electrons. The van der Waals surface area contributed by atoms with E-state index in [1.165, 1.54) is 7.11 Å². The Kier molecular flexibility index (Phi) is 2.82. The molecule has 0 amide bonds. The van der Waals surface area contributed by atoms with Crippen LogP contribution in [0.15, 0.2) is 46.9 Å². The van der Waals surface area contributed by atoms with Crippen molar-refractivity contribution < 1.29 is 24.2 Å². The van der Waals surface area contributed by atoms with Gasteiger partial charge in [0.2, 0.25) is 5.76 Å². The first-order chi connectivity index (χ1) is 9.61. The van der Waals surface area contributed by atoms with Gasteiger partial charge in [-0.3, -0.25) is 0 Å². The van der Waals surface area contributed by atoms with Gasteiger partial charge in [-0.05, 0) is 11.1 Å². The number of benzene rings is 1. The summed E-state index contributed by atoms with van der Waals surface area (Å²) in [5, 5.41) is 9.83. The predicted octanol–water partition coefficient (Wildman–Crippen LogP) is 1.58. The van der Waals surface area contributed by atoms with Crippen molar-refractivity contribution in [3.8, 4) is 0 Å². The summed E-state index contributed by atoms with van der Waals surface area (Å²) < 4.78 is 9.79. The van der Waals surface area contributed by atoms with Crippen molar-refractivity contribution in [2.75, 3.05) is 7.11 Å². The van der Waals surface area contributed by atoms with E-state index >= 15 is 0 Å². The maximum atomic E-state index is 11.9. The van der Waals surface area contributed by atoms with Crippen LogP contribution in [0.1, 0.15) is 11.1 Å². The molecule has 0 atom stereocenters. The predicted molar refractivity (Wildman–Crippen MR) is 68.6 cm³/mol. The third-order valence-corrected chi connectivity index (χ3v) is 3.51. The zero-order chi connectivity index (χ0) is 14.3. The molecule has 0 aromatic heterocycles. The molecule has 0 bridgehead atoms. The zero-order valence-corrected chi connectivity index (χ0v) is 10.8. The lowest BCUT2D eigenvalue weighted by Crippen LogP contribution is -2.11. The third kappa shape index (κ3) is 1.79. The van der Waals surface area contributed by atoms with E-state index in [-0.39, 0.29) is 11.3 Å². The number of rotatable bonds is 1. The number of allylic oxidation sites excluding steroid dienone is 1. The molecule has 0 radical (unpaired) electrons. The van der Waals surface area contributed by atoms with Gasteiger partial charge in [0, 0.05) is 18.4 Å². The van der Waals surface area contributed by atoms with E-state index in [0.29, 0.717) is 18.4 Å². The van der Waals surface area contributed by atoms with E-state index in [2.05, 4.69) is 0 Å². The van der Waals surface area contributed by atoms with Gasteiger partial charge in [0.1, 0.15) is 5.76 Å². The molecule has 1 aromatic carbocycles. The molecule has 0 fully saturated rings. The standard InChI is InChI=1S/C15H12O5/c1-19-14(17)11-7-9-5-3-2-4-8(9)6-10-12(16)15(18)20-13(10)11/h2-5,16H,6-7H2,1H3. The summed E-state index contributed by atoms with van der Waals surface area (Å²) in [4.78, 5) is 23.4. The van der Waals surface area contributed by atoms with Gasteiger partial charge >= 0.3 is 11.9 Å². The Morgan fingerprint density at radius 1 is 1.25 bits per heavy atom. The SMILES string of the molecule is COC(=O)C1=C2OC(=O)C(O)=C2Cc2ccccc2C1. The van der Waals surface area contributed by atoms with Crippen molar-refractivity contribution >= 4 is 11.9 Å². The molecule has 2 aliphatic rings. The summed E-state index contributed by atoms with van der Waals surface area (Å²) >= 11 is 0. The van der Waals surface area contributed by atoms with Crippen LogP contribution < -0.4 is 0 Å². The molecule has 5 nitrogen and oxygen atoms in total. The fourth-order valence-corrected chi connectivity index (χ4v) is 2.49. The number of fused-ring (bicyclic) bond motifs is 2. The van der Waals surface area contributed by atoms with Crippen LogP contribution in [-0.2, 0) is 31.9 Å². The van der Waals surface area contributed by atoms with Crippen LogP contribution in [-0.4, -0.2) is 24.2 Å². The maximum Gasteiger partial charge on any atom is 0.379 e. The molecular formula is C15H12O5. The zero-order valence-electron chi connectivity index (χ0n) is 10.8. The number of methoxy groups -OCH3 is 1. The largest absolute Gasteiger partial charge is 0.502 e. The Labute approximate surface area is 115 Å². The molecule has 1 aliphatic carbocycles. The minimum Gasteiger partial charge on any atom is -0.502 e. The highest BCUT2D eigenvalue weighted by Gasteiger charge is 2.36. The highest BCUT2D eigenvalue weighted by molar-refractivity contribution is 5.97. The molecule has 1 heterocycles. The van der Waals surface area contributed by atoms with Crippen LogP contribution in [0.3, 0.4) is 0 Å². The molecule has 0 saturated heterocycles. The first kappa shape index (κ1) is 12.5. The Morgan fingerprint density at radius 3 is 2.55 bits per heavy atom. The van der Waals surface area contributed by atoms with Gasteiger partial charge in [0.25, 0.3) is 0 Å². The van der Waals surface area contributed by atoms with Gasteiger partial charge in [-0.25, -0.2) is 9.59 Å². The van der Waals surface area contributed by atoms with Gasteiger partial charge in [0.05, 0.1) is 12.7 Å². The van der Waals surface area contributed by atoms with Crippen molar-refractivity contribution in [2.24, 2.45) is 0 Å². The summed E-state index contributed by atoms with van der Waals surface area (Å²) in [6.45, 7) is 0. The highest BCUT2D eigenvalue weighted by Crippen LogP contribution is 2.35. The second-order valence-electron chi connectivity index (χ2n) is 4.64. The van der Waals surface area contributed by atoms with Crippen molar-refractivity contribution in [1.82, 2.24) is 0 Å². The number of ether oxygens (including phenoxy) is 2. The van der Waals surface area contributed by atoms with E-state index in [4.69, 9.17) is 9.47 Å². The van der Waals surface area contributed by atoms with E-state index in [1.54, 1.807) is 0 Å². The minimum atomic E-state index is -0.823. The number of aliphatic hydroxyl groups excluding tert-OH is 1. The van der Waals surface area contributed by atoms with Gasteiger partial charge in [-0.1, -0.05) is 24.3 Å². The van der Waals surface area contributed by atoms with Crippen LogP contribution in [0, 0.1) is 0 Å². The highest BCUT2D eigenvalue weighted by atomic mass is 16.6. The van der Waals surface area contributed by atoms with Gasteiger partial charge in [-0.2, -0.15) is 0 Å². The van der Waals surface area contributed by atoms with Crippen molar-refractivity contribution in [3.63, 3.8) is 0 Å². The number of aliphatic hydroxyl groups is 1. The van der Waals surface area contributed by atoms with E-state index in [1.807, 2.05) is 24.3 Å². The second-order valence-corrected chi connectivity index (χ2v) is 4.64. The third-order valence-electron chi connectivity index (χ3n) is 3.51. The number of carbonyl (C=O) groups is 2. The molecule has 0 unspecified atom stereocenters. The molecule has 20 heavy (non-hydrogen) atoms. The smallest absolute Gasteiger partial charge is 0.379 e. The van der Waals surface area contributed by atoms with Crippen LogP contribution in [0.4, 0.5) is 0 Å². The Bertz CT molecular complexity index is 681. The summed E-state index contributed by atoms with van der Waals surface area (Å²) in [6.07, 6.45) is 0.659. The van der Waals surface area contributed by atoms with Crippen LogP contribution in [0.25, 0.3) is 0 Å². The minimum absolute atomic E-state index is 0.135. The maximum absolute atomic E-state index is 11.9. The monoisotopic (exact) mass is 272 g/mol. The van der Waals surface area contributed by atoms with Crippen LogP contribution >= 0.6 is 0 Å². The number of hydrogen-bond donors (Lipinski definition) is 1. The molecule has 5 heteroatoms. The van der Waals surface area contributed by atoms with Crippen molar-refractivity contribution in [3.05, 3.63) is 58.1 Å². The average Bonchev–Trinajstić information content (AvgIpc) is 2.65. The first-order valence-electron chi connectivity index (χ1n) is 6.14. The average molecular weight is 272 g/mol. The van der Waals surface area contributed by atoms with Crippen molar-refractivity contribution in [1.29, 1.82) is 0 Å². The molecule has 1 N–H and O–H groups in total. The summed E-state index contributed by atoms with van der Waals surface area (Å²) in [7, 11) is 1.27. The molecule has 3 rings (SSSR count). The second kappa shape index (κ2) is 4.52. The van der Waals surface area contributed by atoms with Crippen LogP contribution in [0.2, 0.25) is 0 Å². The summed E-state index contributed by atoms with van der Waals surface area (Å²) in [5.74, 6) is -1.68. The fraction of sp³-hybridized carbons (Fsp3) is 0.200. The van der Waals surface area contributed by atoms with Crippen LogP contribution in [0.5, 0.6) is 0 Å². The topological polar surface area (TPSA) is 72.8 Å². The molecule has 1 aliphatic heterocycles. The lowest BCUT2D eigenvalue weighted by molar-refractivity contribution is -0.137. The van der Waals surface area contributed by atoms with E-state index in [9.17, 15) is 14.7 Å². The fourth-order valence-electron chi connectivity index (χ4n) is 2.49. The van der Waals surface area contributed by atoms with Gasteiger partial charge < -0.3 is 14.6 Å². The molecular weight excluding hydrogens is 260 g/mol. The van der Waals surface area contributed by atoms with Gasteiger partial charge in [0.15, 0.2) is 0 Å². The molecule has 1 aromatic rings. The number of carbonyl (C=O) groups excluding carboxylic acids is 2. The Balaban J connectivity index is 2.21. The normalized spacial score (nSPS) is 17.4. The number of hydrogen-bond acceptors (Lipinski definition) is 5. The molecule has 0 saturated carbocycles. The van der Waals surface area contributed by atoms with E-state index < -0.39 is 17.7 Å². The number of esters is 2. The first-order valence-corrected chi connectivity index (χ1v) is 6.14. The quantitative estimate of drug-likeness (QED) is 0.786.